The molecule has 3 aromatic carbocycles. The Labute approximate surface area is 156 Å². The van der Waals surface area contributed by atoms with Gasteiger partial charge in [0.25, 0.3) is 5.91 Å². The molecule has 1 amide bonds. The fourth-order valence-corrected chi connectivity index (χ4v) is 3.04. The predicted molar refractivity (Wildman–Crippen MR) is 107 cm³/mol. The first-order valence-corrected chi connectivity index (χ1v) is 8.86. The summed E-state index contributed by atoms with van der Waals surface area (Å²) < 4.78 is 0.896. The smallest absolute Gasteiger partial charge is 0.251 e. The van der Waals surface area contributed by atoms with E-state index in [0.717, 1.165) is 21.3 Å². The van der Waals surface area contributed by atoms with Crippen molar-refractivity contribution in [3.8, 4) is 0 Å². The van der Waals surface area contributed by atoms with E-state index in [2.05, 4.69) is 15.9 Å². The zero-order valence-corrected chi connectivity index (χ0v) is 15.3. The van der Waals surface area contributed by atoms with Gasteiger partial charge in [0.05, 0.1) is 12.2 Å². The monoisotopic (exact) mass is 391 g/mol. The number of anilines is 1. The summed E-state index contributed by atoms with van der Waals surface area (Å²) in [4.78, 5) is 14.7. The van der Waals surface area contributed by atoms with Crippen LogP contribution in [0.4, 0.5) is 5.69 Å². The Balaban J connectivity index is 1.89. The maximum atomic E-state index is 12.9. The molecular weight excluding hydrogens is 374 g/mol. The van der Waals surface area contributed by atoms with Crippen LogP contribution in [0.1, 0.15) is 11.1 Å². The van der Waals surface area contributed by atoms with E-state index in [4.69, 9.17) is 0 Å². The van der Waals surface area contributed by atoms with Crippen LogP contribution in [0.5, 0.6) is 0 Å². The van der Waals surface area contributed by atoms with E-state index in [9.17, 15) is 4.79 Å². The molecule has 25 heavy (non-hydrogen) atoms. The largest absolute Gasteiger partial charge is 0.303 e. The summed E-state index contributed by atoms with van der Waals surface area (Å²) in [6.45, 7) is 0.515. The normalized spacial score (nSPS) is 10.8. The van der Waals surface area contributed by atoms with Crippen LogP contribution >= 0.6 is 15.9 Å². The predicted octanol–water partition coefficient (Wildman–Crippen LogP) is 5.70. The summed E-state index contributed by atoms with van der Waals surface area (Å²) in [6.07, 6.45) is 3.47. The van der Waals surface area contributed by atoms with Gasteiger partial charge in [-0.25, -0.2) is 0 Å². The lowest BCUT2D eigenvalue weighted by atomic mass is 10.1. The molecule has 0 saturated heterocycles. The lowest BCUT2D eigenvalue weighted by Gasteiger charge is -2.23. The molecule has 0 spiro atoms. The van der Waals surface area contributed by atoms with Crippen molar-refractivity contribution in [2.75, 3.05) is 4.90 Å². The number of carbonyl (C=O) groups is 1. The average molecular weight is 392 g/mol. The van der Waals surface area contributed by atoms with Crippen LogP contribution in [0.15, 0.2) is 95.5 Å². The van der Waals surface area contributed by atoms with Crippen LogP contribution in [-0.4, -0.2) is 5.91 Å². The van der Waals surface area contributed by atoms with Crippen LogP contribution in [0, 0.1) is 0 Å². The standard InChI is InChI=1S/C22H18BrNO/c23-20-13-7-8-14-21(20)24(17-19-11-5-2-6-12-19)22(25)16-15-18-9-3-1-4-10-18/h1-16H,17H2. The lowest BCUT2D eigenvalue weighted by molar-refractivity contribution is -0.114. The Morgan fingerprint density at radius 3 is 2.12 bits per heavy atom. The molecule has 0 saturated carbocycles. The van der Waals surface area contributed by atoms with Crippen molar-refractivity contribution in [2.45, 2.75) is 6.54 Å². The van der Waals surface area contributed by atoms with Gasteiger partial charge in [0, 0.05) is 10.5 Å². The Kier molecular flexibility index (Phi) is 5.81. The van der Waals surface area contributed by atoms with E-state index in [0.29, 0.717) is 6.54 Å². The van der Waals surface area contributed by atoms with Gasteiger partial charge >= 0.3 is 0 Å². The van der Waals surface area contributed by atoms with Gasteiger partial charge in [-0.1, -0.05) is 72.8 Å². The second kappa shape index (κ2) is 8.45. The Bertz CT molecular complexity index is 859. The lowest BCUT2D eigenvalue weighted by Crippen LogP contribution is -2.29. The number of benzene rings is 3. The van der Waals surface area contributed by atoms with Gasteiger partial charge in [0.15, 0.2) is 0 Å². The second-order valence-electron chi connectivity index (χ2n) is 5.61. The first-order valence-electron chi connectivity index (χ1n) is 8.07. The van der Waals surface area contributed by atoms with Crippen LogP contribution in [-0.2, 0) is 11.3 Å². The van der Waals surface area contributed by atoms with Crippen LogP contribution in [0.3, 0.4) is 0 Å². The highest BCUT2D eigenvalue weighted by Gasteiger charge is 2.16. The number of carbonyl (C=O) groups excluding carboxylic acids is 1. The second-order valence-corrected chi connectivity index (χ2v) is 6.46. The molecule has 0 heterocycles. The van der Waals surface area contributed by atoms with Crippen molar-refractivity contribution in [1.29, 1.82) is 0 Å². The number of hydrogen-bond donors (Lipinski definition) is 0. The minimum Gasteiger partial charge on any atom is -0.303 e. The molecule has 3 heteroatoms. The van der Waals surface area contributed by atoms with E-state index in [1.54, 1.807) is 11.0 Å². The van der Waals surface area contributed by atoms with Crippen molar-refractivity contribution >= 4 is 33.6 Å². The van der Waals surface area contributed by atoms with Gasteiger partial charge in [-0.2, -0.15) is 0 Å². The summed E-state index contributed by atoms with van der Waals surface area (Å²) in [5, 5.41) is 0. The molecule has 0 bridgehead atoms. The molecular formula is C22H18BrNO. The first kappa shape index (κ1) is 17.2. The Morgan fingerprint density at radius 2 is 1.44 bits per heavy atom. The van der Waals surface area contributed by atoms with Gasteiger partial charge < -0.3 is 4.90 Å². The quantitative estimate of drug-likeness (QED) is 0.511. The molecule has 0 aliphatic heterocycles. The van der Waals surface area contributed by atoms with E-state index in [1.165, 1.54) is 0 Å². The number of nitrogens with zero attached hydrogens (tertiary/aromatic N) is 1. The molecule has 124 valence electrons. The minimum atomic E-state index is -0.0559. The average Bonchev–Trinajstić information content (AvgIpc) is 2.66. The summed E-state index contributed by atoms with van der Waals surface area (Å²) in [7, 11) is 0. The molecule has 0 unspecified atom stereocenters. The first-order chi connectivity index (χ1) is 12.2. The summed E-state index contributed by atoms with van der Waals surface area (Å²) in [5.74, 6) is -0.0559. The highest BCUT2D eigenvalue weighted by atomic mass is 79.9. The molecule has 3 aromatic rings. The molecule has 0 aliphatic carbocycles. The van der Waals surface area contributed by atoms with Crippen LogP contribution < -0.4 is 4.90 Å². The zero-order valence-electron chi connectivity index (χ0n) is 13.7. The van der Waals surface area contributed by atoms with E-state index >= 15 is 0 Å². The SMILES string of the molecule is O=C(C=Cc1ccccc1)N(Cc1ccccc1)c1ccccc1Br. The molecule has 3 rings (SSSR count). The van der Waals surface area contributed by atoms with Gasteiger partial charge in [0.2, 0.25) is 0 Å². The number of para-hydroxylation sites is 1. The van der Waals surface area contributed by atoms with Gasteiger partial charge in [-0.3, -0.25) is 4.79 Å². The van der Waals surface area contributed by atoms with Crippen molar-refractivity contribution in [3.05, 3.63) is 107 Å². The van der Waals surface area contributed by atoms with E-state index in [1.807, 2.05) is 91.0 Å². The maximum absolute atomic E-state index is 12.9. The third-order valence-electron chi connectivity index (χ3n) is 3.81. The van der Waals surface area contributed by atoms with Crippen molar-refractivity contribution in [2.24, 2.45) is 0 Å². The van der Waals surface area contributed by atoms with Crippen molar-refractivity contribution in [1.82, 2.24) is 0 Å². The topological polar surface area (TPSA) is 20.3 Å². The number of halogens is 1. The highest BCUT2D eigenvalue weighted by Crippen LogP contribution is 2.27. The maximum Gasteiger partial charge on any atom is 0.251 e. The molecule has 0 N–H and O–H groups in total. The highest BCUT2D eigenvalue weighted by molar-refractivity contribution is 9.10. The van der Waals surface area contributed by atoms with Gasteiger partial charge in [-0.05, 0) is 45.3 Å². The molecule has 2 nitrogen and oxygen atoms in total. The van der Waals surface area contributed by atoms with Gasteiger partial charge in [-0.15, -0.1) is 0 Å². The Morgan fingerprint density at radius 1 is 0.840 bits per heavy atom. The fourth-order valence-electron chi connectivity index (χ4n) is 2.54. The van der Waals surface area contributed by atoms with Crippen molar-refractivity contribution in [3.63, 3.8) is 0 Å². The summed E-state index contributed by atoms with van der Waals surface area (Å²) in [5.41, 5.74) is 2.94. The zero-order chi connectivity index (χ0) is 17.5. The summed E-state index contributed by atoms with van der Waals surface area (Å²) in [6, 6.07) is 27.6. The third kappa shape index (κ3) is 4.68. The number of hydrogen-bond acceptors (Lipinski definition) is 1. The number of amides is 1. The number of rotatable bonds is 5. The van der Waals surface area contributed by atoms with Gasteiger partial charge in [0.1, 0.15) is 0 Å². The van der Waals surface area contributed by atoms with Crippen molar-refractivity contribution < 1.29 is 4.79 Å². The van der Waals surface area contributed by atoms with E-state index in [-0.39, 0.29) is 5.91 Å². The molecule has 0 fully saturated rings. The molecule has 0 radical (unpaired) electrons. The van der Waals surface area contributed by atoms with Crippen LogP contribution in [0.2, 0.25) is 0 Å². The van der Waals surface area contributed by atoms with Crippen LogP contribution in [0.25, 0.3) is 6.08 Å². The van der Waals surface area contributed by atoms with E-state index < -0.39 is 0 Å². The minimum absolute atomic E-state index is 0.0559. The Hall–Kier alpha value is -2.65. The molecule has 0 aliphatic rings. The molecule has 0 aromatic heterocycles. The summed E-state index contributed by atoms with van der Waals surface area (Å²) >= 11 is 3.56. The third-order valence-corrected chi connectivity index (χ3v) is 4.48. The fraction of sp³-hybridized carbons (Fsp3) is 0.0455. The molecule has 0 atom stereocenters.